The smallest absolute Gasteiger partial charge is 0.255 e. The number of phenols is 1. The van der Waals surface area contributed by atoms with Gasteiger partial charge in [-0.15, -0.1) is 0 Å². The fourth-order valence-corrected chi connectivity index (χ4v) is 9.55. The maximum absolute atomic E-state index is 13.1. The van der Waals surface area contributed by atoms with Crippen LogP contribution in [-0.4, -0.2) is 84.5 Å². The maximum Gasteiger partial charge on any atom is 0.255 e. The van der Waals surface area contributed by atoms with Gasteiger partial charge in [0.25, 0.3) is 5.91 Å². The molecule has 0 bridgehead atoms. The van der Waals surface area contributed by atoms with E-state index in [-0.39, 0.29) is 24.1 Å². The number of aromatic hydroxyl groups is 1. The Morgan fingerprint density at radius 1 is 0.765 bits per heavy atom. The van der Waals surface area contributed by atoms with Crippen molar-refractivity contribution < 1.29 is 19.5 Å². The molecule has 1 aliphatic carbocycles. The number of piperazine rings is 1. The molecule has 51 heavy (non-hydrogen) atoms. The molecule has 4 aliphatic heterocycles. The van der Waals surface area contributed by atoms with Crippen molar-refractivity contribution in [1.29, 1.82) is 0 Å². The van der Waals surface area contributed by atoms with Gasteiger partial charge in [0.05, 0.1) is 0 Å². The lowest BCUT2D eigenvalue weighted by Crippen LogP contribution is -2.52. The molecule has 3 aromatic rings. The molecule has 0 saturated carbocycles. The quantitative estimate of drug-likeness (QED) is 0.315. The van der Waals surface area contributed by atoms with Crippen molar-refractivity contribution >= 4 is 29.1 Å². The minimum atomic E-state index is -0.581. The van der Waals surface area contributed by atoms with Crippen LogP contribution in [0.25, 0.3) is 0 Å². The third-order valence-corrected chi connectivity index (χ3v) is 12.5. The Bertz CT molecular complexity index is 1790. The summed E-state index contributed by atoms with van der Waals surface area (Å²) >= 11 is 0. The topological polar surface area (TPSA) is 96.4 Å². The molecule has 3 saturated heterocycles. The second-order valence-electron chi connectivity index (χ2n) is 15.9. The second kappa shape index (κ2) is 14.0. The number of fused-ring (bicyclic) bond motifs is 2. The van der Waals surface area contributed by atoms with Crippen LogP contribution in [0.15, 0.2) is 60.7 Å². The van der Waals surface area contributed by atoms with Gasteiger partial charge in [0.15, 0.2) is 0 Å². The van der Waals surface area contributed by atoms with Gasteiger partial charge in [-0.25, -0.2) is 0 Å². The summed E-state index contributed by atoms with van der Waals surface area (Å²) in [7, 11) is 0. The van der Waals surface area contributed by atoms with Crippen LogP contribution in [0.5, 0.6) is 5.75 Å². The Kier molecular flexibility index (Phi) is 9.25. The average molecular weight is 690 g/mol. The van der Waals surface area contributed by atoms with Crippen molar-refractivity contribution in [3.05, 3.63) is 88.5 Å². The predicted octanol–water partition coefficient (Wildman–Crippen LogP) is 5.54. The number of carbonyl (C=O) groups is 3. The van der Waals surface area contributed by atoms with Crippen LogP contribution in [0.4, 0.5) is 11.4 Å². The monoisotopic (exact) mass is 689 g/mol. The van der Waals surface area contributed by atoms with E-state index in [2.05, 4.69) is 70.3 Å². The molecule has 3 fully saturated rings. The molecule has 8 rings (SSSR count). The molecular weight excluding hydrogens is 638 g/mol. The molecule has 0 aromatic heterocycles. The first-order chi connectivity index (χ1) is 24.7. The van der Waals surface area contributed by atoms with E-state index in [0.717, 1.165) is 69.9 Å². The number of nitrogens with one attached hydrogen (secondary N) is 1. The zero-order valence-electron chi connectivity index (χ0n) is 30.0. The van der Waals surface area contributed by atoms with Crippen molar-refractivity contribution in [2.75, 3.05) is 55.6 Å². The average Bonchev–Trinajstić information content (AvgIpc) is 3.46. The highest BCUT2D eigenvalue weighted by atomic mass is 16.3. The molecule has 3 atom stereocenters. The molecule has 2 N–H and O–H groups in total. The van der Waals surface area contributed by atoms with Gasteiger partial charge in [-0.3, -0.25) is 24.6 Å². The summed E-state index contributed by atoms with van der Waals surface area (Å²) in [6.45, 7) is 12.4. The zero-order chi connectivity index (χ0) is 35.2. The fourth-order valence-electron chi connectivity index (χ4n) is 9.55. The SMILES string of the molecule is CC(C)[C@H]1CCc2cc(O)ccc2C1c1ccc(N2CCC(CN3CCN(c4ccc5c(c4)CN(C4CCC(=O)NC4=O)C5=O)CC3)CC2)cc1. The molecule has 9 nitrogen and oxygen atoms in total. The van der Waals surface area contributed by atoms with E-state index in [4.69, 9.17) is 0 Å². The molecule has 9 heteroatoms. The van der Waals surface area contributed by atoms with Crippen LogP contribution in [0.3, 0.4) is 0 Å². The lowest BCUT2D eigenvalue weighted by molar-refractivity contribution is -0.136. The highest BCUT2D eigenvalue weighted by Gasteiger charge is 2.39. The molecular formula is C42H51N5O4. The van der Waals surface area contributed by atoms with Gasteiger partial charge in [0, 0.05) is 81.6 Å². The first-order valence-corrected chi connectivity index (χ1v) is 19.1. The molecule has 0 radical (unpaired) electrons. The van der Waals surface area contributed by atoms with Crippen LogP contribution < -0.4 is 15.1 Å². The van der Waals surface area contributed by atoms with Crippen molar-refractivity contribution in [3.63, 3.8) is 0 Å². The van der Waals surface area contributed by atoms with Crippen molar-refractivity contribution in [2.45, 2.75) is 70.9 Å². The predicted molar refractivity (Wildman–Crippen MR) is 199 cm³/mol. The first kappa shape index (κ1) is 33.8. The van der Waals surface area contributed by atoms with Crippen LogP contribution in [0.2, 0.25) is 0 Å². The number of phenolic OH excluding ortho intramolecular Hbond substituents is 1. The van der Waals surface area contributed by atoms with E-state index >= 15 is 0 Å². The van der Waals surface area contributed by atoms with E-state index in [1.165, 1.54) is 35.2 Å². The number of amides is 3. The van der Waals surface area contributed by atoms with E-state index in [1.807, 2.05) is 24.3 Å². The third-order valence-electron chi connectivity index (χ3n) is 12.5. The minimum Gasteiger partial charge on any atom is -0.508 e. The van der Waals surface area contributed by atoms with Crippen LogP contribution in [-0.2, 0) is 22.6 Å². The Hall–Kier alpha value is -4.37. The summed E-state index contributed by atoms with van der Waals surface area (Å²) in [4.78, 5) is 46.4. The number of hydrogen-bond acceptors (Lipinski definition) is 7. The van der Waals surface area contributed by atoms with Gasteiger partial charge in [-0.05, 0) is 115 Å². The third kappa shape index (κ3) is 6.73. The Labute approximate surface area is 301 Å². The van der Waals surface area contributed by atoms with Gasteiger partial charge >= 0.3 is 0 Å². The summed E-state index contributed by atoms with van der Waals surface area (Å²) < 4.78 is 0. The molecule has 3 aromatic carbocycles. The number of piperidine rings is 2. The van der Waals surface area contributed by atoms with Gasteiger partial charge in [-0.2, -0.15) is 0 Å². The Morgan fingerprint density at radius 2 is 1.49 bits per heavy atom. The number of imide groups is 1. The van der Waals surface area contributed by atoms with E-state index in [0.29, 0.717) is 48.0 Å². The number of hydrogen-bond donors (Lipinski definition) is 2. The number of carbonyl (C=O) groups excluding carboxylic acids is 3. The van der Waals surface area contributed by atoms with Gasteiger partial charge < -0.3 is 19.8 Å². The second-order valence-corrected chi connectivity index (χ2v) is 15.9. The van der Waals surface area contributed by atoms with E-state index < -0.39 is 6.04 Å². The largest absolute Gasteiger partial charge is 0.508 e. The molecule has 5 aliphatic rings. The Balaban J connectivity index is 0.825. The molecule has 4 heterocycles. The summed E-state index contributed by atoms with van der Waals surface area (Å²) in [5.74, 6) is 1.90. The van der Waals surface area contributed by atoms with Gasteiger partial charge in [0.2, 0.25) is 11.8 Å². The van der Waals surface area contributed by atoms with Crippen molar-refractivity contribution in [3.8, 4) is 5.75 Å². The van der Waals surface area contributed by atoms with Crippen molar-refractivity contribution in [2.24, 2.45) is 17.8 Å². The fraction of sp³-hybridized carbons (Fsp3) is 0.500. The van der Waals surface area contributed by atoms with Crippen molar-refractivity contribution in [1.82, 2.24) is 15.1 Å². The molecule has 2 unspecified atom stereocenters. The van der Waals surface area contributed by atoms with Crippen LogP contribution >= 0.6 is 0 Å². The number of anilines is 2. The molecule has 0 spiro atoms. The Morgan fingerprint density at radius 3 is 2.22 bits per heavy atom. The van der Waals surface area contributed by atoms with Crippen LogP contribution in [0.1, 0.15) is 84.5 Å². The normalized spacial score (nSPS) is 24.6. The standard InChI is InChI=1S/C42H51N5O4/c1-27(2)35-10-5-30-24-34(48)9-12-36(30)40(35)29-3-6-32(7-4-29)45-17-15-28(16-18-45)25-44-19-21-46(22-20-44)33-8-11-37-31(23-33)26-47(42(37)51)38-13-14-39(49)43-41(38)50/h3-4,6-9,11-12,23-24,27-28,35,38,40,48H,5,10,13-22,25-26H2,1-2H3,(H,43,49,50)/t35-,38?,40?/m1/s1. The first-order valence-electron chi connectivity index (χ1n) is 19.1. The van der Waals surface area contributed by atoms with Gasteiger partial charge in [0.1, 0.15) is 11.8 Å². The van der Waals surface area contributed by atoms with E-state index in [9.17, 15) is 19.5 Å². The summed E-state index contributed by atoms with van der Waals surface area (Å²) in [6, 6.07) is 20.9. The summed E-state index contributed by atoms with van der Waals surface area (Å²) in [5.41, 5.74) is 8.16. The lowest BCUT2D eigenvalue weighted by atomic mass is 9.68. The number of benzene rings is 3. The molecule has 268 valence electrons. The summed E-state index contributed by atoms with van der Waals surface area (Å²) in [6.07, 6.45) is 5.26. The minimum absolute atomic E-state index is 0.119. The highest BCUT2D eigenvalue weighted by Crippen LogP contribution is 2.45. The van der Waals surface area contributed by atoms with Gasteiger partial charge in [-0.1, -0.05) is 32.0 Å². The van der Waals surface area contributed by atoms with E-state index in [1.54, 1.807) is 4.90 Å². The maximum atomic E-state index is 13.1. The summed E-state index contributed by atoms with van der Waals surface area (Å²) in [5, 5.41) is 12.5. The highest BCUT2D eigenvalue weighted by molar-refractivity contribution is 6.05. The zero-order valence-corrected chi connectivity index (χ0v) is 30.0. The molecule has 3 amide bonds. The van der Waals surface area contributed by atoms with Crippen LogP contribution in [0, 0.1) is 17.8 Å². The lowest BCUT2D eigenvalue weighted by Gasteiger charge is -2.40. The number of rotatable bonds is 7. The number of nitrogens with zero attached hydrogens (tertiary/aromatic N) is 4. The number of aryl methyl sites for hydroxylation is 1.